The van der Waals surface area contributed by atoms with Crippen molar-refractivity contribution in [2.75, 3.05) is 44.4 Å². The minimum absolute atomic E-state index is 0.00460. The van der Waals surface area contributed by atoms with E-state index in [2.05, 4.69) is 15.1 Å². The predicted molar refractivity (Wildman–Crippen MR) is 113 cm³/mol. The third-order valence-corrected chi connectivity index (χ3v) is 5.72. The van der Waals surface area contributed by atoms with Crippen molar-refractivity contribution in [2.24, 2.45) is 5.92 Å². The second-order valence-corrected chi connectivity index (χ2v) is 8.00. The topological polar surface area (TPSA) is 54.0 Å². The number of nitrogens with zero attached hydrogens (tertiary/aromatic N) is 2. The summed E-state index contributed by atoms with van der Waals surface area (Å²) in [5.41, 5.74) is 1.72. The first-order valence-corrected chi connectivity index (χ1v) is 10.4. The van der Waals surface area contributed by atoms with E-state index in [1.807, 2.05) is 44.2 Å². The van der Waals surface area contributed by atoms with Crippen LogP contribution in [0.15, 0.2) is 42.5 Å². The fourth-order valence-corrected chi connectivity index (χ4v) is 3.96. The Morgan fingerprint density at radius 1 is 1.07 bits per heavy atom. The first kappa shape index (κ1) is 20.5. The fraction of sp³-hybridized carbons (Fsp3) is 0.435. The van der Waals surface area contributed by atoms with Crippen LogP contribution >= 0.6 is 0 Å². The van der Waals surface area contributed by atoms with Gasteiger partial charge in [0.25, 0.3) is 0 Å². The third-order valence-electron chi connectivity index (χ3n) is 5.72. The van der Waals surface area contributed by atoms with Gasteiger partial charge in [-0.15, -0.1) is 0 Å². The van der Waals surface area contributed by atoms with Crippen molar-refractivity contribution in [1.29, 1.82) is 0 Å². The molecular weight excluding hydrogens is 385 g/mol. The number of rotatable bonds is 6. The van der Waals surface area contributed by atoms with Crippen LogP contribution in [0.5, 0.6) is 11.5 Å². The second-order valence-electron chi connectivity index (χ2n) is 8.00. The van der Waals surface area contributed by atoms with E-state index in [9.17, 15) is 9.18 Å². The van der Waals surface area contributed by atoms with Crippen molar-refractivity contribution in [3.8, 4) is 11.5 Å². The van der Waals surface area contributed by atoms with E-state index in [1.165, 1.54) is 6.07 Å². The van der Waals surface area contributed by atoms with Gasteiger partial charge in [-0.05, 0) is 29.8 Å². The molecule has 2 aliphatic rings. The standard InChI is InChI=1S/C23H28FN3O3/c1-16(2)23(28)25-14-20(17-7-8-21-22(13-17)30-15-29-21)27-11-9-26(10-12-27)19-6-4-3-5-18(19)24/h3-8,13,16,20H,9-12,14-15H2,1-2H3,(H,25,28)/t20-/m1/s1. The van der Waals surface area contributed by atoms with Crippen LogP contribution in [-0.2, 0) is 4.79 Å². The molecule has 1 atom stereocenters. The number of anilines is 1. The lowest BCUT2D eigenvalue weighted by atomic mass is 10.0. The molecule has 2 aromatic rings. The van der Waals surface area contributed by atoms with Gasteiger partial charge in [-0.3, -0.25) is 9.69 Å². The molecule has 1 N–H and O–H groups in total. The highest BCUT2D eigenvalue weighted by molar-refractivity contribution is 5.77. The third kappa shape index (κ3) is 4.36. The zero-order chi connectivity index (χ0) is 21.1. The number of carbonyl (C=O) groups is 1. The molecule has 160 valence electrons. The molecule has 2 heterocycles. The fourth-order valence-electron chi connectivity index (χ4n) is 3.96. The number of benzene rings is 2. The first-order valence-electron chi connectivity index (χ1n) is 10.4. The lowest BCUT2D eigenvalue weighted by Gasteiger charge is -2.40. The Hall–Kier alpha value is -2.80. The number of carbonyl (C=O) groups excluding carboxylic acids is 1. The molecule has 0 radical (unpaired) electrons. The number of nitrogens with one attached hydrogen (secondary N) is 1. The molecule has 0 spiro atoms. The van der Waals surface area contributed by atoms with Crippen LogP contribution < -0.4 is 19.7 Å². The minimum atomic E-state index is -0.192. The van der Waals surface area contributed by atoms with E-state index < -0.39 is 0 Å². The summed E-state index contributed by atoms with van der Waals surface area (Å²) in [7, 11) is 0. The van der Waals surface area contributed by atoms with Crippen molar-refractivity contribution in [2.45, 2.75) is 19.9 Å². The van der Waals surface area contributed by atoms with Gasteiger partial charge in [0.15, 0.2) is 11.5 Å². The predicted octanol–water partition coefficient (Wildman–Crippen LogP) is 3.19. The van der Waals surface area contributed by atoms with Gasteiger partial charge in [-0.1, -0.05) is 32.0 Å². The number of hydrogen-bond acceptors (Lipinski definition) is 5. The highest BCUT2D eigenvalue weighted by Crippen LogP contribution is 2.36. The van der Waals surface area contributed by atoms with Crippen molar-refractivity contribution < 1.29 is 18.7 Å². The smallest absolute Gasteiger partial charge is 0.231 e. The number of amides is 1. The van der Waals surface area contributed by atoms with E-state index in [1.54, 1.807) is 6.07 Å². The Morgan fingerprint density at radius 2 is 1.80 bits per heavy atom. The molecule has 1 amide bonds. The molecule has 7 heteroatoms. The van der Waals surface area contributed by atoms with Crippen molar-refractivity contribution >= 4 is 11.6 Å². The van der Waals surface area contributed by atoms with Crippen LogP contribution in [0.25, 0.3) is 0 Å². The number of ether oxygens (including phenoxy) is 2. The number of piperazine rings is 1. The number of para-hydroxylation sites is 1. The average Bonchev–Trinajstić information content (AvgIpc) is 3.22. The Labute approximate surface area is 176 Å². The Kier molecular flexibility index (Phi) is 6.08. The van der Waals surface area contributed by atoms with Crippen LogP contribution in [0.4, 0.5) is 10.1 Å². The zero-order valence-electron chi connectivity index (χ0n) is 17.4. The Bertz CT molecular complexity index is 897. The van der Waals surface area contributed by atoms with Gasteiger partial charge in [0.2, 0.25) is 12.7 Å². The molecule has 1 saturated heterocycles. The van der Waals surface area contributed by atoms with Crippen LogP contribution in [0.3, 0.4) is 0 Å². The molecule has 0 aromatic heterocycles. The van der Waals surface area contributed by atoms with Gasteiger partial charge in [0.05, 0.1) is 11.7 Å². The highest BCUT2D eigenvalue weighted by Gasteiger charge is 2.28. The van der Waals surface area contributed by atoms with Crippen LogP contribution in [-0.4, -0.2) is 50.3 Å². The van der Waals surface area contributed by atoms with Gasteiger partial charge in [0.1, 0.15) is 5.82 Å². The summed E-state index contributed by atoms with van der Waals surface area (Å²) in [6.07, 6.45) is 0. The maximum Gasteiger partial charge on any atom is 0.231 e. The van der Waals surface area contributed by atoms with Gasteiger partial charge in [-0.2, -0.15) is 0 Å². The minimum Gasteiger partial charge on any atom is -0.454 e. The van der Waals surface area contributed by atoms with E-state index in [0.29, 0.717) is 12.2 Å². The number of fused-ring (bicyclic) bond motifs is 1. The Balaban J connectivity index is 1.50. The zero-order valence-corrected chi connectivity index (χ0v) is 17.4. The lowest BCUT2D eigenvalue weighted by molar-refractivity contribution is -0.124. The summed E-state index contributed by atoms with van der Waals surface area (Å²) in [4.78, 5) is 16.6. The van der Waals surface area contributed by atoms with E-state index in [0.717, 1.165) is 43.2 Å². The molecule has 0 bridgehead atoms. The summed E-state index contributed by atoms with van der Waals surface area (Å²) in [5, 5.41) is 3.07. The molecule has 0 saturated carbocycles. The summed E-state index contributed by atoms with van der Waals surface area (Å²) in [6.45, 7) is 7.50. The molecule has 2 aliphatic heterocycles. The SMILES string of the molecule is CC(C)C(=O)NC[C@H](c1ccc2c(c1)OCO2)N1CCN(c2ccccc2F)CC1. The molecule has 0 unspecified atom stereocenters. The lowest BCUT2D eigenvalue weighted by Crippen LogP contribution is -2.50. The van der Waals surface area contributed by atoms with E-state index in [4.69, 9.17) is 9.47 Å². The molecular formula is C23H28FN3O3. The molecule has 0 aliphatic carbocycles. The van der Waals surface area contributed by atoms with Gasteiger partial charge < -0.3 is 19.7 Å². The van der Waals surface area contributed by atoms with Gasteiger partial charge >= 0.3 is 0 Å². The summed E-state index contributed by atoms with van der Waals surface area (Å²) < 4.78 is 25.2. The van der Waals surface area contributed by atoms with Crippen LogP contribution in [0.2, 0.25) is 0 Å². The second kappa shape index (κ2) is 8.92. The monoisotopic (exact) mass is 413 g/mol. The quantitative estimate of drug-likeness (QED) is 0.788. The number of halogens is 1. The van der Waals surface area contributed by atoms with Crippen LogP contribution in [0, 0.1) is 11.7 Å². The summed E-state index contributed by atoms with van der Waals surface area (Å²) >= 11 is 0. The van der Waals surface area contributed by atoms with Gasteiger partial charge in [-0.25, -0.2) is 4.39 Å². The summed E-state index contributed by atoms with van der Waals surface area (Å²) in [5.74, 6) is 1.25. The normalized spacial score (nSPS) is 17.3. The molecule has 2 aromatic carbocycles. The molecule has 1 fully saturated rings. The largest absolute Gasteiger partial charge is 0.454 e. The van der Waals surface area contributed by atoms with Crippen molar-refractivity contribution in [3.63, 3.8) is 0 Å². The maximum atomic E-state index is 14.2. The van der Waals surface area contributed by atoms with E-state index in [-0.39, 0.29) is 30.5 Å². The molecule has 6 nitrogen and oxygen atoms in total. The van der Waals surface area contributed by atoms with Crippen molar-refractivity contribution in [1.82, 2.24) is 10.2 Å². The summed E-state index contributed by atoms with van der Waals surface area (Å²) in [6, 6.07) is 12.8. The van der Waals surface area contributed by atoms with Crippen LogP contribution in [0.1, 0.15) is 25.5 Å². The van der Waals surface area contributed by atoms with Crippen molar-refractivity contribution in [3.05, 3.63) is 53.8 Å². The Morgan fingerprint density at radius 3 is 2.53 bits per heavy atom. The van der Waals surface area contributed by atoms with Gasteiger partial charge in [0, 0.05) is 38.6 Å². The maximum absolute atomic E-state index is 14.2. The number of hydrogen-bond donors (Lipinski definition) is 1. The highest BCUT2D eigenvalue weighted by atomic mass is 19.1. The average molecular weight is 413 g/mol. The van der Waals surface area contributed by atoms with E-state index >= 15 is 0 Å². The molecule has 4 rings (SSSR count). The first-order chi connectivity index (χ1) is 14.5. The molecule has 30 heavy (non-hydrogen) atoms.